The molecule has 1 N–H and O–H groups in total. The standard InChI is InChI=1S/C20H19N3O4S/c1-13-11-28-20(22-13)23-21-9-14-3-5-17(24-2)15(7-14)10-25-16-4-6-18-19(8-16)27-12-26-18/h3-9,11H,10,12H2,1-2H3,(H,22,23). The molecule has 1 aliphatic heterocycles. The van der Waals surface area contributed by atoms with Crippen LogP contribution in [0.2, 0.25) is 0 Å². The SMILES string of the molecule is COc1ccc(C=NNc2nc(C)cs2)cc1COc1ccc2c(c1)OCO2. The Morgan fingerprint density at radius 1 is 1.21 bits per heavy atom. The first-order chi connectivity index (χ1) is 13.7. The fourth-order valence-electron chi connectivity index (χ4n) is 2.69. The summed E-state index contributed by atoms with van der Waals surface area (Å²) in [6.45, 7) is 2.54. The van der Waals surface area contributed by atoms with Crippen molar-refractivity contribution in [1.82, 2.24) is 4.98 Å². The van der Waals surface area contributed by atoms with E-state index in [2.05, 4.69) is 15.5 Å². The number of nitrogens with one attached hydrogen (secondary N) is 1. The van der Waals surface area contributed by atoms with Gasteiger partial charge in [-0.3, -0.25) is 5.43 Å². The van der Waals surface area contributed by atoms with E-state index in [4.69, 9.17) is 18.9 Å². The van der Waals surface area contributed by atoms with Gasteiger partial charge >= 0.3 is 0 Å². The van der Waals surface area contributed by atoms with Crippen LogP contribution in [-0.4, -0.2) is 25.1 Å². The number of hydrogen-bond donors (Lipinski definition) is 1. The van der Waals surface area contributed by atoms with Gasteiger partial charge in [0.25, 0.3) is 0 Å². The van der Waals surface area contributed by atoms with Crippen LogP contribution in [0.5, 0.6) is 23.0 Å². The molecule has 0 saturated heterocycles. The summed E-state index contributed by atoms with van der Waals surface area (Å²) in [7, 11) is 1.64. The van der Waals surface area contributed by atoms with Crippen LogP contribution in [0.1, 0.15) is 16.8 Å². The lowest BCUT2D eigenvalue weighted by Crippen LogP contribution is -2.00. The molecule has 0 aliphatic carbocycles. The number of hydrazone groups is 1. The fourth-order valence-corrected chi connectivity index (χ4v) is 3.32. The molecule has 1 aliphatic rings. The first-order valence-corrected chi connectivity index (χ1v) is 9.50. The van der Waals surface area contributed by atoms with Crippen molar-refractivity contribution in [3.05, 3.63) is 58.6 Å². The lowest BCUT2D eigenvalue weighted by atomic mass is 10.1. The lowest BCUT2D eigenvalue weighted by Gasteiger charge is -2.11. The number of benzene rings is 2. The van der Waals surface area contributed by atoms with Crippen molar-refractivity contribution in [2.75, 3.05) is 19.3 Å². The molecule has 4 rings (SSSR count). The van der Waals surface area contributed by atoms with Crippen molar-refractivity contribution < 1.29 is 18.9 Å². The molecule has 1 aromatic heterocycles. The van der Waals surface area contributed by atoms with E-state index >= 15 is 0 Å². The molecule has 2 aromatic carbocycles. The molecule has 0 saturated carbocycles. The van der Waals surface area contributed by atoms with E-state index in [1.54, 1.807) is 13.3 Å². The van der Waals surface area contributed by atoms with Gasteiger partial charge in [0.05, 0.1) is 19.0 Å². The Bertz CT molecular complexity index is 1000. The van der Waals surface area contributed by atoms with E-state index in [1.807, 2.05) is 48.7 Å². The monoisotopic (exact) mass is 397 g/mol. The highest BCUT2D eigenvalue weighted by Gasteiger charge is 2.14. The molecular weight excluding hydrogens is 378 g/mol. The van der Waals surface area contributed by atoms with Crippen LogP contribution < -0.4 is 24.4 Å². The highest BCUT2D eigenvalue weighted by Crippen LogP contribution is 2.35. The Balaban J connectivity index is 1.44. The predicted octanol–water partition coefficient (Wildman–Crippen LogP) is 4.21. The summed E-state index contributed by atoms with van der Waals surface area (Å²) in [5, 5.41) is 6.97. The molecule has 0 unspecified atom stereocenters. The first-order valence-electron chi connectivity index (χ1n) is 8.62. The first kappa shape index (κ1) is 18.1. The summed E-state index contributed by atoms with van der Waals surface area (Å²) in [6.07, 6.45) is 1.74. The molecule has 0 fully saturated rings. The summed E-state index contributed by atoms with van der Waals surface area (Å²) in [4.78, 5) is 4.31. The number of nitrogens with zero attached hydrogens (tertiary/aromatic N) is 2. The van der Waals surface area contributed by atoms with Crippen molar-refractivity contribution in [3.63, 3.8) is 0 Å². The lowest BCUT2D eigenvalue weighted by molar-refractivity contribution is 0.173. The third-order valence-corrected chi connectivity index (χ3v) is 4.90. The van der Waals surface area contributed by atoms with Crippen molar-refractivity contribution in [2.24, 2.45) is 5.10 Å². The number of ether oxygens (including phenoxy) is 4. The van der Waals surface area contributed by atoms with Gasteiger partial charge < -0.3 is 18.9 Å². The summed E-state index contributed by atoms with van der Waals surface area (Å²) in [6, 6.07) is 11.3. The average molecular weight is 397 g/mol. The minimum absolute atomic E-state index is 0.239. The number of aromatic nitrogens is 1. The molecule has 28 heavy (non-hydrogen) atoms. The molecule has 0 atom stereocenters. The number of rotatable bonds is 7. The molecule has 8 heteroatoms. The molecule has 2 heterocycles. The van der Waals surface area contributed by atoms with Crippen molar-refractivity contribution in [1.29, 1.82) is 0 Å². The minimum atomic E-state index is 0.239. The Labute approximate surface area is 166 Å². The number of fused-ring (bicyclic) bond motifs is 1. The fraction of sp³-hybridized carbons (Fsp3) is 0.200. The van der Waals surface area contributed by atoms with E-state index in [0.29, 0.717) is 18.1 Å². The van der Waals surface area contributed by atoms with Gasteiger partial charge in [0.15, 0.2) is 11.5 Å². The Kier molecular flexibility index (Phi) is 5.29. The summed E-state index contributed by atoms with van der Waals surface area (Å²) in [5.74, 6) is 2.87. The number of hydrogen-bond acceptors (Lipinski definition) is 8. The van der Waals surface area contributed by atoms with Gasteiger partial charge in [-0.2, -0.15) is 5.10 Å². The van der Waals surface area contributed by atoms with E-state index in [0.717, 1.165) is 33.5 Å². The summed E-state index contributed by atoms with van der Waals surface area (Å²) in [5.41, 5.74) is 5.73. The molecule has 144 valence electrons. The third-order valence-electron chi connectivity index (χ3n) is 4.04. The van der Waals surface area contributed by atoms with Gasteiger partial charge in [-0.05, 0) is 42.8 Å². The summed E-state index contributed by atoms with van der Waals surface area (Å²) >= 11 is 1.51. The number of methoxy groups -OCH3 is 1. The zero-order valence-electron chi connectivity index (χ0n) is 15.5. The van der Waals surface area contributed by atoms with Gasteiger partial charge in [-0.1, -0.05) is 0 Å². The van der Waals surface area contributed by atoms with Gasteiger partial charge in [-0.15, -0.1) is 11.3 Å². The minimum Gasteiger partial charge on any atom is -0.496 e. The quantitative estimate of drug-likeness (QED) is 0.475. The second-order valence-corrected chi connectivity index (χ2v) is 6.90. The molecule has 0 radical (unpaired) electrons. The number of aryl methyl sites for hydroxylation is 1. The van der Waals surface area contributed by atoms with E-state index < -0.39 is 0 Å². The maximum absolute atomic E-state index is 5.91. The van der Waals surface area contributed by atoms with E-state index in [1.165, 1.54) is 11.3 Å². The number of thiazole rings is 1. The Morgan fingerprint density at radius 2 is 2.11 bits per heavy atom. The topological polar surface area (TPSA) is 74.2 Å². The van der Waals surface area contributed by atoms with Crippen LogP contribution in [0.3, 0.4) is 0 Å². The summed E-state index contributed by atoms with van der Waals surface area (Å²) < 4.78 is 22.1. The van der Waals surface area contributed by atoms with Crippen LogP contribution in [0.25, 0.3) is 0 Å². The predicted molar refractivity (Wildman–Crippen MR) is 108 cm³/mol. The molecule has 0 spiro atoms. The normalized spacial score (nSPS) is 12.4. The molecule has 7 nitrogen and oxygen atoms in total. The molecule has 0 amide bonds. The van der Waals surface area contributed by atoms with Gasteiger partial charge in [0.1, 0.15) is 18.1 Å². The average Bonchev–Trinajstić information content (AvgIpc) is 3.34. The second-order valence-electron chi connectivity index (χ2n) is 6.04. The zero-order chi connectivity index (χ0) is 19.3. The highest BCUT2D eigenvalue weighted by molar-refractivity contribution is 7.13. The maximum Gasteiger partial charge on any atom is 0.231 e. The highest BCUT2D eigenvalue weighted by atomic mass is 32.1. The van der Waals surface area contributed by atoms with Crippen LogP contribution in [-0.2, 0) is 6.61 Å². The van der Waals surface area contributed by atoms with E-state index in [9.17, 15) is 0 Å². The largest absolute Gasteiger partial charge is 0.496 e. The zero-order valence-corrected chi connectivity index (χ0v) is 16.3. The number of anilines is 1. The molecular formula is C20H19N3O4S. The van der Waals surface area contributed by atoms with Gasteiger partial charge in [0, 0.05) is 17.0 Å². The van der Waals surface area contributed by atoms with E-state index in [-0.39, 0.29) is 6.79 Å². The van der Waals surface area contributed by atoms with Crippen LogP contribution in [0.4, 0.5) is 5.13 Å². The maximum atomic E-state index is 5.91. The van der Waals surface area contributed by atoms with Crippen molar-refractivity contribution >= 4 is 22.7 Å². The Morgan fingerprint density at radius 3 is 2.93 bits per heavy atom. The second kappa shape index (κ2) is 8.18. The van der Waals surface area contributed by atoms with Gasteiger partial charge in [-0.25, -0.2) is 4.98 Å². The smallest absolute Gasteiger partial charge is 0.231 e. The van der Waals surface area contributed by atoms with Crippen molar-refractivity contribution in [3.8, 4) is 23.0 Å². The van der Waals surface area contributed by atoms with Crippen molar-refractivity contribution in [2.45, 2.75) is 13.5 Å². The van der Waals surface area contributed by atoms with Crippen LogP contribution in [0.15, 0.2) is 46.9 Å². The molecule has 0 bridgehead atoms. The third kappa shape index (κ3) is 4.17. The Hall–Kier alpha value is -3.26. The van der Waals surface area contributed by atoms with Crippen LogP contribution in [0, 0.1) is 6.92 Å². The molecule has 3 aromatic rings. The van der Waals surface area contributed by atoms with Crippen LogP contribution >= 0.6 is 11.3 Å². The van der Waals surface area contributed by atoms with Gasteiger partial charge in [0.2, 0.25) is 11.9 Å².